The Labute approximate surface area is 164 Å². The van der Waals surface area contributed by atoms with E-state index in [1.54, 1.807) is 37.8 Å². The fraction of sp³-hybridized carbons (Fsp3) is 0.304. The predicted molar refractivity (Wildman–Crippen MR) is 106 cm³/mol. The van der Waals surface area contributed by atoms with E-state index in [0.717, 1.165) is 31.5 Å². The summed E-state index contributed by atoms with van der Waals surface area (Å²) in [5.41, 5.74) is 1.48. The lowest BCUT2D eigenvalue weighted by Crippen LogP contribution is -2.44. The molecule has 0 spiro atoms. The van der Waals surface area contributed by atoms with E-state index in [1.807, 2.05) is 30.3 Å². The number of nitrogens with zero attached hydrogens (tertiary/aromatic N) is 3. The molecule has 4 rings (SSSR count). The number of hydrogen-bond acceptors (Lipinski definition) is 4. The number of aromatic nitrogens is 2. The van der Waals surface area contributed by atoms with Crippen LogP contribution in [0.1, 0.15) is 41.1 Å². The summed E-state index contributed by atoms with van der Waals surface area (Å²) in [5.74, 6) is -0.241. The first-order chi connectivity index (χ1) is 13.6. The zero-order chi connectivity index (χ0) is 19.6. The third kappa shape index (κ3) is 3.32. The van der Waals surface area contributed by atoms with Crippen molar-refractivity contribution in [2.45, 2.75) is 31.4 Å². The Morgan fingerprint density at radius 3 is 2.11 bits per heavy atom. The van der Waals surface area contributed by atoms with E-state index in [0.29, 0.717) is 16.7 Å². The van der Waals surface area contributed by atoms with Gasteiger partial charge < -0.3 is 5.11 Å². The van der Waals surface area contributed by atoms with E-state index in [-0.39, 0.29) is 11.9 Å². The maximum absolute atomic E-state index is 14.0. The largest absolute Gasteiger partial charge is 0.378 e. The summed E-state index contributed by atoms with van der Waals surface area (Å²) < 4.78 is 14.0. The molecule has 3 aromatic rings. The van der Waals surface area contributed by atoms with Crippen molar-refractivity contribution in [1.29, 1.82) is 0 Å². The summed E-state index contributed by atoms with van der Waals surface area (Å²) >= 11 is 0. The number of halogens is 1. The molecule has 1 aromatic carbocycles. The van der Waals surface area contributed by atoms with Crippen molar-refractivity contribution in [3.63, 3.8) is 0 Å². The topological polar surface area (TPSA) is 49.2 Å². The van der Waals surface area contributed by atoms with Crippen LogP contribution in [0.4, 0.5) is 4.39 Å². The molecule has 1 saturated heterocycles. The molecule has 0 amide bonds. The molecule has 4 nitrogen and oxygen atoms in total. The fourth-order valence-electron chi connectivity index (χ4n) is 4.21. The fourth-order valence-corrected chi connectivity index (χ4v) is 4.21. The quantitative estimate of drug-likeness (QED) is 0.730. The molecular formula is C23H24FN3O. The van der Waals surface area contributed by atoms with E-state index >= 15 is 0 Å². The average molecular weight is 377 g/mol. The van der Waals surface area contributed by atoms with Gasteiger partial charge in [-0.15, -0.1) is 0 Å². The zero-order valence-corrected chi connectivity index (χ0v) is 15.9. The third-order valence-corrected chi connectivity index (χ3v) is 5.60. The number of pyridine rings is 2. The van der Waals surface area contributed by atoms with Gasteiger partial charge in [0.25, 0.3) is 0 Å². The molecule has 1 N–H and O–H groups in total. The molecule has 144 valence electrons. The first-order valence-electron chi connectivity index (χ1n) is 9.64. The molecule has 2 aromatic heterocycles. The maximum atomic E-state index is 14.0. The smallest absolute Gasteiger partial charge is 0.137 e. The van der Waals surface area contributed by atoms with Gasteiger partial charge >= 0.3 is 0 Å². The number of rotatable bonds is 5. The minimum atomic E-state index is -1.36. The Morgan fingerprint density at radius 2 is 1.61 bits per heavy atom. The minimum Gasteiger partial charge on any atom is -0.378 e. The summed E-state index contributed by atoms with van der Waals surface area (Å²) in [6.45, 7) is 3.51. The number of benzene rings is 1. The molecule has 0 saturated carbocycles. The first-order valence-corrected chi connectivity index (χ1v) is 9.64. The highest BCUT2D eigenvalue weighted by Crippen LogP contribution is 2.45. The summed E-state index contributed by atoms with van der Waals surface area (Å²) in [6.07, 6.45) is 8.94. The van der Waals surface area contributed by atoms with Crippen LogP contribution in [0, 0.1) is 12.7 Å². The molecule has 3 heterocycles. The highest BCUT2D eigenvalue weighted by molar-refractivity contribution is 5.40. The van der Waals surface area contributed by atoms with E-state index < -0.39 is 5.60 Å². The van der Waals surface area contributed by atoms with Crippen molar-refractivity contribution >= 4 is 0 Å². The van der Waals surface area contributed by atoms with Crippen LogP contribution in [0.5, 0.6) is 0 Å². The number of likely N-dealkylation sites (tertiary alicyclic amines) is 1. The monoisotopic (exact) mass is 377 g/mol. The van der Waals surface area contributed by atoms with Crippen LogP contribution >= 0.6 is 0 Å². The SMILES string of the molecule is Cc1cc(C(N2CCCC2)C(O)(c2cccnc2)c2cccnc2)ccc1F. The molecule has 1 aliphatic heterocycles. The maximum Gasteiger partial charge on any atom is 0.137 e. The van der Waals surface area contributed by atoms with Crippen molar-refractivity contribution in [1.82, 2.24) is 14.9 Å². The summed E-state index contributed by atoms with van der Waals surface area (Å²) in [7, 11) is 0. The summed E-state index contributed by atoms with van der Waals surface area (Å²) in [4.78, 5) is 10.8. The second-order valence-corrected chi connectivity index (χ2v) is 7.40. The van der Waals surface area contributed by atoms with Gasteiger partial charge in [0.05, 0.1) is 6.04 Å². The Bertz CT molecular complexity index is 888. The van der Waals surface area contributed by atoms with Gasteiger partial charge in [-0.1, -0.05) is 24.3 Å². The van der Waals surface area contributed by atoms with Crippen LogP contribution in [-0.4, -0.2) is 33.1 Å². The average Bonchev–Trinajstić information content (AvgIpc) is 3.26. The molecule has 1 atom stereocenters. The van der Waals surface area contributed by atoms with E-state index in [1.165, 1.54) is 6.07 Å². The van der Waals surface area contributed by atoms with Crippen molar-refractivity contribution in [3.8, 4) is 0 Å². The van der Waals surface area contributed by atoms with Crippen molar-refractivity contribution in [3.05, 3.63) is 95.3 Å². The van der Waals surface area contributed by atoms with Gasteiger partial charge in [0.2, 0.25) is 0 Å². The zero-order valence-electron chi connectivity index (χ0n) is 15.9. The molecule has 0 aliphatic carbocycles. The normalized spacial score (nSPS) is 16.2. The van der Waals surface area contributed by atoms with E-state index in [4.69, 9.17) is 0 Å². The van der Waals surface area contributed by atoms with Crippen molar-refractivity contribution in [2.24, 2.45) is 0 Å². The number of aryl methyl sites for hydroxylation is 1. The Kier molecular flexibility index (Phi) is 5.20. The highest BCUT2D eigenvalue weighted by Gasteiger charge is 2.45. The van der Waals surface area contributed by atoms with E-state index in [9.17, 15) is 9.50 Å². The van der Waals surface area contributed by atoms with Gasteiger partial charge in [0.15, 0.2) is 0 Å². The van der Waals surface area contributed by atoms with Gasteiger partial charge in [-0.25, -0.2) is 4.39 Å². The molecule has 1 aliphatic rings. The Hall–Kier alpha value is -2.63. The van der Waals surface area contributed by atoms with E-state index in [2.05, 4.69) is 14.9 Å². The summed E-state index contributed by atoms with van der Waals surface area (Å²) in [6, 6.07) is 12.2. The van der Waals surface area contributed by atoms with Gasteiger partial charge in [-0.3, -0.25) is 14.9 Å². The third-order valence-electron chi connectivity index (χ3n) is 5.60. The van der Waals surface area contributed by atoms with Crippen LogP contribution in [0.25, 0.3) is 0 Å². The molecule has 5 heteroatoms. The standard InChI is InChI=1S/C23H24FN3O/c1-17-14-18(8-9-21(17)24)22(27-12-2-3-13-27)23(28,19-6-4-10-25-15-19)20-7-5-11-26-16-20/h4-11,14-16,22,28H,2-3,12-13H2,1H3. The van der Waals surface area contributed by atoms with Crippen molar-refractivity contribution in [2.75, 3.05) is 13.1 Å². The lowest BCUT2D eigenvalue weighted by Gasteiger charge is -2.42. The second-order valence-electron chi connectivity index (χ2n) is 7.40. The number of aliphatic hydroxyl groups is 1. The molecular weight excluding hydrogens is 353 g/mol. The molecule has 1 fully saturated rings. The van der Waals surface area contributed by atoms with Crippen LogP contribution in [-0.2, 0) is 5.60 Å². The lowest BCUT2D eigenvalue weighted by molar-refractivity contribution is -0.0153. The van der Waals surface area contributed by atoms with Gasteiger partial charge in [-0.05, 0) is 62.2 Å². The van der Waals surface area contributed by atoms with Crippen LogP contribution in [0.2, 0.25) is 0 Å². The van der Waals surface area contributed by atoms with Gasteiger partial charge in [0.1, 0.15) is 11.4 Å². The Balaban J connectivity index is 1.94. The lowest BCUT2D eigenvalue weighted by atomic mass is 9.77. The number of hydrogen-bond donors (Lipinski definition) is 1. The summed E-state index contributed by atoms with van der Waals surface area (Å²) in [5, 5.41) is 12.3. The molecule has 28 heavy (non-hydrogen) atoms. The van der Waals surface area contributed by atoms with Crippen LogP contribution < -0.4 is 0 Å². The molecule has 0 bridgehead atoms. The van der Waals surface area contributed by atoms with Gasteiger partial charge in [-0.2, -0.15) is 0 Å². The minimum absolute atomic E-state index is 0.241. The Morgan fingerprint density at radius 1 is 1.00 bits per heavy atom. The second kappa shape index (κ2) is 7.78. The van der Waals surface area contributed by atoms with Crippen LogP contribution in [0.3, 0.4) is 0 Å². The highest BCUT2D eigenvalue weighted by atomic mass is 19.1. The first kappa shape index (κ1) is 18.7. The predicted octanol–water partition coefficient (Wildman–Crippen LogP) is 4.00. The molecule has 1 unspecified atom stereocenters. The van der Waals surface area contributed by atoms with Crippen LogP contribution in [0.15, 0.2) is 67.3 Å². The van der Waals surface area contributed by atoms with Gasteiger partial charge in [0, 0.05) is 35.9 Å². The van der Waals surface area contributed by atoms with Crippen molar-refractivity contribution < 1.29 is 9.50 Å². The molecule has 0 radical (unpaired) electrons.